The molecule has 0 radical (unpaired) electrons. The molecule has 1 aliphatic heterocycles. The summed E-state index contributed by atoms with van der Waals surface area (Å²) in [4.78, 5) is 2.60. The second-order valence-corrected chi connectivity index (χ2v) is 6.43. The third-order valence-corrected chi connectivity index (χ3v) is 5.35. The van der Waals surface area contributed by atoms with Crippen molar-refractivity contribution < 1.29 is 0 Å². The maximum atomic E-state index is 9.24. The number of piperidine rings is 1. The van der Waals surface area contributed by atoms with E-state index in [9.17, 15) is 5.26 Å². The van der Waals surface area contributed by atoms with Gasteiger partial charge in [-0.2, -0.15) is 5.26 Å². The Morgan fingerprint density at radius 3 is 2.83 bits per heavy atom. The first-order valence-electron chi connectivity index (χ1n) is 7.51. The van der Waals surface area contributed by atoms with Crippen LogP contribution in [0.2, 0.25) is 0 Å². The molecule has 18 heavy (non-hydrogen) atoms. The highest BCUT2D eigenvalue weighted by atomic mass is 15.2. The predicted molar refractivity (Wildman–Crippen MR) is 73.9 cm³/mol. The van der Waals surface area contributed by atoms with Crippen molar-refractivity contribution in [2.75, 3.05) is 13.1 Å². The summed E-state index contributed by atoms with van der Waals surface area (Å²) in [7, 11) is 0. The Morgan fingerprint density at radius 1 is 1.33 bits per heavy atom. The summed E-state index contributed by atoms with van der Waals surface area (Å²) in [5.74, 6) is 1.22. The van der Waals surface area contributed by atoms with E-state index in [1.54, 1.807) is 0 Å². The van der Waals surface area contributed by atoms with Gasteiger partial charge in [-0.3, -0.25) is 0 Å². The van der Waals surface area contributed by atoms with Gasteiger partial charge in [0.1, 0.15) is 5.54 Å². The number of nitrogens with two attached hydrogens (primary N) is 1. The third kappa shape index (κ3) is 2.70. The van der Waals surface area contributed by atoms with Gasteiger partial charge in [0.15, 0.2) is 0 Å². The largest absolute Gasteiger partial charge is 0.313 e. The van der Waals surface area contributed by atoms with E-state index in [0.29, 0.717) is 12.0 Å². The Morgan fingerprint density at radius 2 is 2.11 bits per heavy atom. The molecule has 2 fully saturated rings. The Balaban J connectivity index is 1.86. The number of hydrogen-bond acceptors (Lipinski definition) is 3. The lowest BCUT2D eigenvalue weighted by atomic mass is 9.86. The Kier molecular flexibility index (Phi) is 4.29. The molecule has 0 aromatic rings. The fraction of sp³-hybridized carbons (Fsp3) is 0.933. The fourth-order valence-electron chi connectivity index (χ4n) is 3.71. The zero-order valence-corrected chi connectivity index (χ0v) is 11.9. The summed E-state index contributed by atoms with van der Waals surface area (Å²) in [6.07, 6.45) is 6.94. The Bertz CT molecular complexity index is 322. The summed E-state index contributed by atoms with van der Waals surface area (Å²) in [6.45, 7) is 7.05. The van der Waals surface area contributed by atoms with E-state index < -0.39 is 5.54 Å². The molecule has 0 bridgehead atoms. The topological polar surface area (TPSA) is 53.0 Å². The first-order chi connectivity index (χ1) is 8.57. The fourth-order valence-corrected chi connectivity index (χ4v) is 3.71. The van der Waals surface area contributed by atoms with Crippen LogP contribution in [0.3, 0.4) is 0 Å². The minimum Gasteiger partial charge on any atom is -0.313 e. The average molecular weight is 249 g/mol. The van der Waals surface area contributed by atoms with Gasteiger partial charge in [-0.1, -0.05) is 13.3 Å². The molecule has 3 nitrogen and oxygen atoms in total. The molecule has 4 atom stereocenters. The van der Waals surface area contributed by atoms with Crippen LogP contribution in [-0.4, -0.2) is 29.6 Å². The zero-order chi connectivity index (χ0) is 13.2. The molecule has 3 heteroatoms. The SMILES string of the molecule is CC1CCCN(CCC2CCCC2(N)C#N)C1C. The number of nitrogens with zero attached hydrogens (tertiary/aromatic N) is 2. The lowest BCUT2D eigenvalue weighted by molar-refractivity contribution is 0.104. The van der Waals surface area contributed by atoms with Crippen LogP contribution >= 0.6 is 0 Å². The van der Waals surface area contributed by atoms with Gasteiger partial charge in [0, 0.05) is 6.04 Å². The zero-order valence-electron chi connectivity index (χ0n) is 11.9. The lowest BCUT2D eigenvalue weighted by Gasteiger charge is -2.39. The maximum absolute atomic E-state index is 9.24. The van der Waals surface area contributed by atoms with Gasteiger partial charge in [0.2, 0.25) is 0 Å². The lowest BCUT2D eigenvalue weighted by Crippen LogP contribution is -2.46. The average Bonchev–Trinajstić information content (AvgIpc) is 2.73. The molecular formula is C15H27N3. The van der Waals surface area contributed by atoms with E-state index in [2.05, 4.69) is 24.8 Å². The van der Waals surface area contributed by atoms with Crippen LogP contribution in [0.1, 0.15) is 52.4 Å². The normalized spacial score (nSPS) is 41.8. The molecule has 1 heterocycles. The monoisotopic (exact) mass is 249 g/mol. The quantitative estimate of drug-likeness (QED) is 0.836. The Labute approximate surface area is 111 Å². The standard InChI is InChI=1S/C15H27N3/c1-12-5-4-9-18(13(12)2)10-7-14-6-3-8-15(14,17)11-16/h12-14H,3-10,17H2,1-2H3. The van der Waals surface area contributed by atoms with Crippen molar-refractivity contribution in [2.45, 2.75) is 64.0 Å². The van der Waals surface area contributed by atoms with Gasteiger partial charge in [-0.25, -0.2) is 0 Å². The molecule has 2 N–H and O–H groups in total. The molecule has 0 spiro atoms. The third-order valence-electron chi connectivity index (χ3n) is 5.35. The first-order valence-corrected chi connectivity index (χ1v) is 7.51. The van der Waals surface area contributed by atoms with Gasteiger partial charge in [-0.05, 0) is 64.0 Å². The van der Waals surface area contributed by atoms with E-state index in [-0.39, 0.29) is 0 Å². The van der Waals surface area contributed by atoms with Gasteiger partial charge in [0.05, 0.1) is 6.07 Å². The molecule has 102 valence electrons. The maximum Gasteiger partial charge on any atom is 0.107 e. The van der Waals surface area contributed by atoms with Gasteiger partial charge < -0.3 is 10.6 Å². The molecule has 2 aliphatic rings. The van der Waals surface area contributed by atoms with Crippen LogP contribution in [0.4, 0.5) is 0 Å². The van der Waals surface area contributed by atoms with Crippen molar-refractivity contribution in [3.8, 4) is 6.07 Å². The summed E-state index contributed by atoms with van der Waals surface area (Å²) in [5, 5.41) is 9.24. The number of hydrogen-bond donors (Lipinski definition) is 1. The number of nitriles is 1. The van der Waals surface area contributed by atoms with Crippen LogP contribution < -0.4 is 5.73 Å². The van der Waals surface area contributed by atoms with Crippen LogP contribution in [0, 0.1) is 23.2 Å². The molecule has 2 rings (SSSR count). The van der Waals surface area contributed by atoms with Gasteiger partial charge in [0.25, 0.3) is 0 Å². The van der Waals surface area contributed by atoms with E-state index >= 15 is 0 Å². The van der Waals surface area contributed by atoms with Gasteiger partial charge >= 0.3 is 0 Å². The second-order valence-electron chi connectivity index (χ2n) is 6.43. The van der Waals surface area contributed by atoms with Gasteiger partial charge in [-0.15, -0.1) is 0 Å². The van der Waals surface area contributed by atoms with Crippen molar-refractivity contribution in [1.82, 2.24) is 4.90 Å². The molecule has 1 aliphatic carbocycles. The van der Waals surface area contributed by atoms with Crippen LogP contribution in [0.15, 0.2) is 0 Å². The molecule has 1 saturated heterocycles. The molecule has 4 unspecified atom stereocenters. The van der Waals surface area contributed by atoms with Crippen LogP contribution in [0.25, 0.3) is 0 Å². The minimum absolute atomic E-state index is 0.409. The highest BCUT2D eigenvalue weighted by Crippen LogP contribution is 2.36. The van der Waals surface area contributed by atoms with E-state index in [1.165, 1.54) is 19.4 Å². The number of likely N-dealkylation sites (tertiary alicyclic amines) is 1. The smallest absolute Gasteiger partial charge is 0.107 e. The van der Waals surface area contributed by atoms with Crippen molar-refractivity contribution in [2.24, 2.45) is 17.6 Å². The molecule has 0 aromatic carbocycles. The summed E-state index contributed by atoms with van der Waals surface area (Å²) in [5.41, 5.74) is 5.66. The van der Waals surface area contributed by atoms with Crippen LogP contribution in [0.5, 0.6) is 0 Å². The highest BCUT2D eigenvalue weighted by molar-refractivity contribution is 5.12. The second kappa shape index (κ2) is 5.59. The van der Waals surface area contributed by atoms with Crippen molar-refractivity contribution in [1.29, 1.82) is 5.26 Å². The van der Waals surface area contributed by atoms with Crippen molar-refractivity contribution >= 4 is 0 Å². The summed E-state index contributed by atoms with van der Waals surface area (Å²) in [6, 6.07) is 3.05. The Hall–Kier alpha value is -0.590. The van der Waals surface area contributed by atoms with E-state index in [4.69, 9.17) is 5.73 Å². The summed E-state index contributed by atoms with van der Waals surface area (Å²) < 4.78 is 0. The van der Waals surface area contributed by atoms with Crippen molar-refractivity contribution in [3.05, 3.63) is 0 Å². The molecule has 1 saturated carbocycles. The van der Waals surface area contributed by atoms with E-state index in [0.717, 1.165) is 38.1 Å². The molecular weight excluding hydrogens is 222 g/mol. The minimum atomic E-state index is -0.537. The highest BCUT2D eigenvalue weighted by Gasteiger charge is 2.39. The number of rotatable bonds is 3. The van der Waals surface area contributed by atoms with Crippen LogP contribution in [-0.2, 0) is 0 Å². The molecule has 0 aromatic heterocycles. The predicted octanol–water partition coefficient (Wildman–Crippen LogP) is 2.52. The first kappa shape index (κ1) is 13.8. The molecule has 0 amide bonds. The van der Waals surface area contributed by atoms with E-state index in [1.807, 2.05) is 0 Å². The summed E-state index contributed by atoms with van der Waals surface area (Å²) >= 11 is 0. The van der Waals surface area contributed by atoms with Crippen molar-refractivity contribution in [3.63, 3.8) is 0 Å².